The summed E-state index contributed by atoms with van der Waals surface area (Å²) in [6.07, 6.45) is 1.91. The third kappa shape index (κ3) is 3.47. The fourth-order valence-corrected chi connectivity index (χ4v) is 5.18. The maximum atomic E-state index is 16.1. The quantitative estimate of drug-likeness (QED) is 0.365. The molecule has 1 aliphatic heterocycles. The van der Waals surface area contributed by atoms with Crippen LogP contribution in [0.5, 0.6) is 6.01 Å². The molecule has 0 aliphatic carbocycles. The van der Waals surface area contributed by atoms with Gasteiger partial charge in [-0.15, -0.1) is 0 Å². The lowest BCUT2D eigenvalue weighted by Crippen LogP contribution is -2.41. The lowest BCUT2D eigenvalue weighted by molar-refractivity contribution is 0.333. The van der Waals surface area contributed by atoms with Gasteiger partial charge in [0, 0.05) is 28.8 Å². The molecule has 0 saturated heterocycles. The smallest absolute Gasteiger partial charge is 0.318 e. The zero-order valence-corrected chi connectivity index (χ0v) is 19.6. The summed E-state index contributed by atoms with van der Waals surface area (Å²) in [7, 11) is 1.37. The van der Waals surface area contributed by atoms with Crippen molar-refractivity contribution in [1.82, 2.24) is 15.0 Å². The number of rotatable bonds is 3. The molecule has 4 aromatic rings. The number of benzene rings is 2. The standard InChI is InChI=1S/C22H19ClF2N6O2S/c1-8-5-13(26)14(32)7-31(8)20-10-6-11(23)15(16(25)17(10)29-22(30-20)33-2)9-3-4-12(24)19-18(9)28-21(27)34-19/h3-4,6-8,13,32H,5,26H2,1-2H3,(H2,27,28). The minimum atomic E-state index is -0.751. The lowest BCUT2D eigenvalue weighted by Gasteiger charge is -2.34. The SMILES string of the molecule is COc1nc(N2C=C(O)C(N)CC2C)c2cc(Cl)c(-c3ccc(F)c4sc(N)nc34)c(F)c2n1. The van der Waals surface area contributed by atoms with Crippen LogP contribution < -0.4 is 21.1 Å². The van der Waals surface area contributed by atoms with Crippen LogP contribution >= 0.6 is 22.9 Å². The number of nitrogen functional groups attached to an aromatic ring is 1. The predicted molar refractivity (Wildman–Crippen MR) is 129 cm³/mol. The molecule has 2 aromatic carbocycles. The Bertz CT molecular complexity index is 1490. The van der Waals surface area contributed by atoms with Crippen molar-refractivity contribution in [2.24, 2.45) is 5.73 Å². The number of hydrogen-bond donors (Lipinski definition) is 3. The van der Waals surface area contributed by atoms with Gasteiger partial charge < -0.3 is 26.2 Å². The number of hydrogen-bond acceptors (Lipinski definition) is 9. The summed E-state index contributed by atoms with van der Waals surface area (Å²) in [5.74, 6) is -0.997. The number of ether oxygens (including phenoxy) is 1. The van der Waals surface area contributed by atoms with Crippen LogP contribution in [0.1, 0.15) is 13.3 Å². The second kappa shape index (κ2) is 8.19. The number of methoxy groups -OCH3 is 1. The number of thiazole rings is 1. The highest BCUT2D eigenvalue weighted by Crippen LogP contribution is 2.43. The summed E-state index contributed by atoms with van der Waals surface area (Å²) >= 11 is 7.55. The minimum absolute atomic E-state index is 0.00303. The molecule has 0 fully saturated rings. The van der Waals surface area contributed by atoms with Crippen molar-refractivity contribution in [3.63, 3.8) is 0 Å². The van der Waals surface area contributed by atoms with E-state index in [-0.39, 0.29) is 54.8 Å². The maximum Gasteiger partial charge on any atom is 0.318 e. The number of aliphatic hydroxyl groups excluding tert-OH is 1. The van der Waals surface area contributed by atoms with Gasteiger partial charge in [-0.05, 0) is 31.5 Å². The molecule has 2 aromatic heterocycles. The number of anilines is 2. The van der Waals surface area contributed by atoms with E-state index >= 15 is 4.39 Å². The van der Waals surface area contributed by atoms with E-state index in [4.69, 9.17) is 27.8 Å². The van der Waals surface area contributed by atoms with Gasteiger partial charge in [0.05, 0.1) is 28.4 Å². The van der Waals surface area contributed by atoms with Crippen molar-refractivity contribution < 1.29 is 18.6 Å². The van der Waals surface area contributed by atoms with Crippen LogP contribution in [0.4, 0.5) is 19.7 Å². The molecule has 5 N–H and O–H groups in total. The number of nitrogens with zero attached hydrogens (tertiary/aromatic N) is 4. The molecular formula is C22H19ClF2N6O2S. The Kier molecular flexibility index (Phi) is 5.42. The van der Waals surface area contributed by atoms with Gasteiger partial charge in [-0.25, -0.2) is 13.8 Å². The number of aliphatic hydroxyl groups is 1. The average molecular weight is 505 g/mol. The third-order valence-electron chi connectivity index (χ3n) is 5.77. The number of aromatic nitrogens is 3. The van der Waals surface area contributed by atoms with Crippen LogP contribution in [-0.4, -0.2) is 39.3 Å². The van der Waals surface area contributed by atoms with Gasteiger partial charge in [0.15, 0.2) is 10.9 Å². The van der Waals surface area contributed by atoms with Crippen LogP contribution in [0.15, 0.2) is 30.2 Å². The number of halogens is 3. The minimum Gasteiger partial charge on any atom is -0.509 e. The molecule has 0 spiro atoms. The Morgan fingerprint density at radius 1 is 1.24 bits per heavy atom. The van der Waals surface area contributed by atoms with E-state index < -0.39 is 17.7 Å². The fourth-order valence-electron chi connectivity index (χ4n) is 4.13. The van der Waals surface area contributed by atoms with E-state index in [0.717, 1.165) is 11.3 Å². The maximum absolute atomic E-state index is 16.1. The second-order valence-corrected chi connectivity index (χ2v) is 9.39. The number of nitrogens with two attached hydrogens (primary N) is 2. The van der Waals surface area contributed by atoms with Crippen molar-refractivity contribution in [1.29, 1.82) is 0 Å². The molecule has 2 atom stereocenters. The molecular weight excluding hydrogens is 486 g/mol. The fraction of sp³-hybridized carbons (Fsp3) is 0.227. The molecule has 8 nitrogen and oxygen atoms in total. The van der Waals surface area contributed by atoms with E-state index in [9.17, 15) is 9.50 Å². The molecule has 2 unspecified atom stereocenters. The van der Waals surface area contributed by atoms with Crippen LogP contribution in [0.2, 0.25) is 5.02 Å². The lowest BCUT2D eigenvalue weighted by atomic mass is 9.99. The molecule has 0 amide bonds. The Morgan fingerprint density at radius 2 is 2.00 bits per heavy atom. The first-order chi connectivity index (χ1) is 16.2. The van der Waals surface area contributed by atoms with Crippen LogP contribution in [-0.2, 0) is 0 Å². The molecule has 5 rings (SSSR count). The highest BCUT2D eigenvalue weighted by molar-refractivity contribution is 7.22. The zero-order valence-electron chi connectivity index (χ0n) is 18.0. The largest absolute Gasteiger partial charge is 0.509 e. The molecule has 1 aliphatic rings. The van der Waals surface area contributed by atoms with Crippen molar-refractivity contribution in [2.75, 3.05) is 17.7 Å². The van der Waals surface area contributed by atoms with Crippen molar-refractivity contribution in [3.8, 4) is 17.1 Å². The van der Waals surface area contributed by atoms with Gasteiger partial charge >= 0.3 is 6.01 Å². The first-order valence-electron chi connectivity index (χ1n) is 10.2. The van der Waals surface area contributed by atoms with Gasteiger partial charge in [0.1, 0.15) is 22.9 Å². The first kappa shape index (κ1) is 22.5. The summed E-state index contributed by atoms with van der Waals surface area (Å²) in [6.45, 7) is 1.90. The average Bonchev–Trinajstić information content (AvgIpc) is 3.20. The molecule has 0 bridgehead atoms. The Labute approximate surface area is 201 Å². The van der Waals surface area contributed by atoms with E-state index in [2.05, 4.69) is 15.0 Å². The van der Waals surface area contributed by atoms with Gasteiger partial charge in [0.2, 0.25) is 0 Å². The highest BCUT2D eigenvalue weighted by atomic mass is 35.5. The Hall–Kier alpha value is -3.28. The van der Waals surface area contributed by atoms with Crippen molar-refractivity contribution in [3.05, 3.63) is 46.8 Å². The highest BCUT2D eigenvalue weighted by Gasteiger charge is 2.29. The van der Waals surface area contributed by atoms with E-state index in [0.29, 0.717) is 17.6 Å². The van der Waals surface area contributed by atoms with Crippen LogP contribution in [0.25, 0.3) is 32.2 Å². The van der Waals surface area contributed by atoms with Gasteiger partial charge in [-0.3, -0.25) is 0 Å². The van der Waals surface area contributed by atoms with Crippen LogP contribution in [0.3, 0.4) is 0 Å². The summed E-state index contributed by atoms with van der Waals surface area (Å²) < 4.78 is 35.8. The zero-order chi connectivity index (χ0) is 24.3. The van der Waals surface area contributed by atoms with E-state index in [1.165, 1.54) is 31.5 Å². The van der Waals surface area contributed by atoms with Crippen molar-refractivity contribution in [2.45, 2.75) is 25.4 Å². The predicted octanol–water partition coefficient (Wildman–Crippen LogP) is 4.75. The van der Waals surface area contributed by atoms with Crippen molar-refractivity contribution >= 4 is 55.0 Å². The molecule has 34 heavy (non-hydrogen) atoms. The summed E-state index contributed by atoms with van der Waals surface area (Å²) in [4.78, 5) is 14.5. The molecule has 176 valence electrons. The molecule has 0 radical (unpaired) electrons. The first-order valence-corrected chi connectivity index (χ1v) is 11.4. The van der Waals surface area contributed by atoms with E-state index in [1.807, 2.05) is 6.92 Å². The molecule has 3 heterocycles. The van der Waals surface area contributed by atoms with Gasteiger partial charge in [-0.1, -0.05) is 22.9 Å². The Balaban J connectivity index is 1.80. The monoisotopic (exact) mass is 504 g/mol. The van der Waals surface area contributed by atoms with Gasteiger partial charge in [-0.2, -0.15) is 9.97 Å². The summed E-state index contributed by atoms with van der Waals surface area (Å²) in [5.41, 5.74) is 12.2. The normalized spacial score (nSPS) is 18.5. The third-order valence-corrected chi connectivity index (χ3v) is 6.96. The molecule has 0 saturated carbocycles. The second-order valence-electron chi connectivity index (χ2n) is 7.95. The number of fused-ring (bicyclic) bond motifs is 2. The summed E-state index contributed by atoms with van der Waals surface area (Å²) in [5, 5.41) is 10.7. The van der Waals surface area contributed by atoms with E-state index in [1.54, 1.807) is 4.90 Å². The molecule has 12 heteroatoms. The van der Waals surface area contributed by atoms with Crippen LogP contribution in [0, 0.1) is 11.6 Å². The summed E-state index contributed by atoms with van der Waals surface area (Å²) in [6, 6.07) is 3.40. The Morgan fingerprint density at radius 3 is 2.74 bits per heavy atom. The van der Waals surface area contributed by atoms with Gasteiger partial charge in [0.25, 0.3) is 0 Å². The topological polar surface area (TPSA) is 123 Å².